The lowest BCUT2D eigenvalue weighted by molar-refractivity contribution is 0.602. The van der Waals surface area contributed by atoms with Gasteiger partial charge < -0.3 is 4.42 Å². The molecule has 0 atom stereocenters. The number of oxazole rings is 1. The second kappa shape index (κ2) is 10.4. The first-order valence-corrected chi connectivity index (χ1v) is 17.7. The highest BCUT2D eigenvalue weighted by atomic mass is 16.3. The van der Waals surface area contributed by atoms with Crippen molar-refractivity contribution in [1.82, 2.24) is 29.5 Å². The summed E-state index contributed by atoms with van der Waals surface area (Å²) in [5.41, 5.74) is 13.4. The maximum atomic E-state index is 6.42. The Hall–Kier alpha value is -7.25. The number of pyridine rings is 1. The average molecular weight is 679 g/mol. The van der Waals surface area contributed by atoms with Crippen LogP contribution in [0.5, 0.6) is 0 Å². The van der Waals surface area contributed by atoms with Gasteiger partial charge in [0.25, 0.3) is 0 Å². The van der Waals surface area contributed by atoms with Gasteiger partial charge in [0, 0.05) is 33.7 Å². The molecule has 1 spiro atoms. The van der Waals surface area contributed by atoms with Crippen LogP contribution >= 0.6 is 0 Å². The van der Waals surface area contributed by atoms with Crippen molar-refractivity contribution in [3.05, 3.63) is 180 Å². The van der Waals surface area contributed by atoms with Gasteiger partial charge >= 0.3 is 0 Å². The molecular formula is C46H26N6O. The van der Waals surface area contributed by atoms with Crippen LogP contribution in [0.1, 0.15) is 22.3 Å². The van der Waals surface area contributed by atoms with Gasteiger partial charge in [0.1, 0.15) is 5.52 Å². The maximum Gasteiger partial charge on any atom is 0.238 e. The van der Waals surface area contributed by atoms with Crippen LogP contribution in [0.4, 0.5) is 0 Å². The van der Waals surface area contributed by atoms with Crippen molar-refractivity contribution in [2.75, 3.05) is 0 Å². The van der Waals surface area contributed by atoms with E-state index in [4.69, 9.17) is 29.3 Å². The molecule has 0 N–H and O–H groups in total. The van der Waals surface area contributed by atoms with Crippen molar-refractivity contribution in [1.29, 1.82) is 0 Å². The fourth-order valence-corrected chi connectivity index (χ4v) is 9.08. The van der Waals surface area contributed by atoms with Crippen LogP contribution in [0.3, 0.4) is 0 Å². The monoisotopic (exact) mass is 678 g/mol. The van der Waals surface area contributed by atoms with E-state index in [1.54, 1.807) is 6.39 Å². The van der Waals surface area contributed by atoms with E-state index in [0.717, 1.165) is 66.4 Å². The fraction of sp³-hybridized carbons (Fsp3) is 0.0217. The second-order valence-corrected chi connectivity index (χ2v) is 13.6. The van der Waals surface area contributed by atoms with Gasteiger partial charge in [-0.25, -0.2) is 9.97 Å². The third kappa shape index (κ3) is 3.60. The first-order valence-electron chi connectivity index (χ1n) is 17.7. The lowest BCUT2D eigenvalue weighted by Crippen LogP contribution is -2.27. The van der Waals surface area contributed by atoms with Crippen LogP contribution < -0.4 is 0 Å². The number of aromatic nitrogens is 6. The number of rotatable bonds is 3. The largest absolute Gasteiger partial charge is 0.443 e. The zero-order valence-corrected chi connectivity index (χ0v) is 28.1. The van der Waals surface area contributed by atoms with Gasteiger partial charge in [0.2, 0.25) is 5.95 Å². The summed E-state index contributed by atoms with van der Waals surface area (Å²) in [6.45, 7) is 0. The van der Waals surface area contributed by atoms with Crippen LogP contribution in [0.25, 0.3) is 84.0 Å². The van der Waals surface area contributed by atoms with Gasteiger partial charge in [-0.1, -0.05) is 133 Å². The number of hydrogen-bond acceptors (Lipinski definition) is 6. The SMILES string of the molecule is c1ccc(-c2nc(-c3ccccc3)nc(-n3c4ccccc4c4c5ncoc5c5c(c43)C3(c4ccccc4-c4ccccc43)c3cccnc3-5)n2)cc1. The molecule has 0 bridgehead atoms. The topological polar surface area (TPSA) is 82.5 Å². The molecule has 4 heterocycles. The van der Waals surface area contributed by atoms with Gasteiger partial charge in [-0.2, -0.15) is 9.97 Å². The third-order valence-corrected chi connectivity index (χ3v) is 11.1. The Morgan fingerprint density at radius 2 is 1.15 bits per heavy atom. The summed E-state index contributed by atoms with van der Waals surface area (Å²) in [6, 6.07) is 50.5. The highest BCUT2D eigenvalue weighted by molar-refractivity contribution is 6.25. The summed E-state index contributed by atoms with van der Waals surface area (Å²) in [7, 11) is 0. The minimum absolute atomic E-state index is 0.521. The molecule has 7 nitrogen and oxygen atoms in total. The summed E-state index contributed by atoms with van der Waals surface area (Å²) >= 11 is 0. The van der Waals surface area contributed by atoms with Crippen molar-refractivity contribution >= 4 is 32.9 Å². The predicted octanol–water partition coefficient (Wildman–Crippen LogP) is 10.2. The van der Waals surface area contributed by atoms with Crippen LogP contribution in [-0.2, 0) is 5.41 Å². The lowest BCUT2D eigenvalue weighted by atomic mass is 9.70. The van der Waals surface area contributed by atoms with Gasteiger partial charge in [-0.05, 0) is 39.9 Å². The Labute approximate surface area is 302 Å². The third-order valence-electron chi connectivity index (χ3n) is 11.1. The second-order valence-electron chi connectivity index (χ2n) is 13.6. The molecule has 2 aliphatic rings. The summed E-state index contributed by atoms with van der Waals surface area (Å²) in [6.07, 6.45) is 3.44. The molecule has 53 heavy (non-hydrogen) atoms. The number of benzene rings is 6. The Balaban J connectivity index is 1.33. The zero-order valence-electron chi connectivity index (χ0n) is 28.1. The molecule has 0 saturated carbocycles. The van der Waals surface area contributed by atoms with Crippen LogP contribution in [0.2, 0.25) is 0 Å². The highest BCUT2D eigenvalue weighted by Gasteiger charge is 2.55. The van der Waals surface area contributed by atoms with E-state index < -0.39 is 5.41 Å². The molecule has 12 rings (SSSR count). The molecular weight excluding hydrogens is 653 g/mol. The molecule has 7 heteroatoms. The molecule has 6 aromatic carbocycles. The molecule has 0 unspecified atom stereocenters. The van der Waals surface area contributed by atoms with Crippen molar-refractivity contribution in [2.45, 2.75) is 5.41 Å². The summed E-state index contributed by atoms with van der Waals surface area (Å²) in [5, 5.41) is 2.02. The lowest BCUT2D eigenvalue weighted by Gasteiger charge is -2.31. The van der Waals surface area contributed by atoms with Gasteiger partial charge in [0.05, 0.1) is 27.7 Å². The Morgan fingerprint density at radius 1 is 0.547 bits per heavy atom. The molecule has 2 aliphatic carbocycles. The van der Waals surface area contributed by atoms with Crippen molar-refractivity contribution < 1.29 is 4.42 Å². The van der Waals surface area contributed by atoms with E-state index in [0.29, 0.717) is 17.6 Å². The smallest absolute Gasteiger partial charge is 0.238 e. The Morgan fingerprint density at radius 3 is 1.85 bits per heavy atom. The number of para-hydroxylation sites is 1. The summed E-state index contributed by atoms with van der Waals surface area (Å²) < 4.78 is 8.65. The van der Waals surface area contributed by atoms with Crippen LogP contribution in [0, 0.1) is 0 Å². The van der Waals surface area contributed by atoms with Crippen molar-refractivity contribution in [3.63, 3.8) is 0 Å². The maximum absolute atomic E-state index is 6.42. The molecule has 246 valence electrons. The number of fused-ring (bicyclic) bond motifs is 17. The van der Waals surface area contributed by atoms with Gasteiger partial charge in [-0.15, -0.1) is 0 Å². The zero-order chi connectivity index (χ0) is 34.7. The minimum Gasteiger partial charge on any atom is -0.443 e. The molecule has 0 aliphatic heterocycles. The van der Waals surface area contributed by atoms with Crippen LogP contribution in [-0.4, -0.2) is 29.5 Å². The molecule has 0 fully saturated rings. The first kappa shape index (κ1) is 28.4. The highest BCUT2D eigenvalue weighted by Crippen LogP contribution is 2.65. The molecule has 0 radical (unpaired) electrons. The van der Waals surface area contributed by atoms with E-state index in [-0.39, 0.29) is 0 Å². The number of nitrogens with zero attached hydrogens (tertiary/aromatic N) is 6. The fourth-order valence-electron chi connectivity index (χ4n) is 9.08. The van der Waals surface area contributed by atoms with Crippen LogP contribution in [0.15, 0.2) is 163 Å². The number of hydrogen-bond donors (Lipinski definition) is 0. The molecule has 4 aromatic heterocycles. The molecule has 0 saturated heterocycles. The molecule has 10 aromatic rings. The van der Waals surface area contributed by atoms with Gasteiger partial charge in [0.15, 0.2) is 23.6 Å². The standard InChI is InChI=1S/C46H26N6O/c1-3-14-27(15-4-1)43-49-44(28-16-5-2-6-17-28)51-45(50-43)52-35-24-12-9-20-31(35)36-40-42(53-26-48-40)37-38(41(36)52)46(34-23-13-25-47-39(34)37)32-21-10-7-18-29(32)30-19-8-11-22-33(30)46/h1-26H. The quantitative estimate of drug-likeness (QED) is 0.185. The van der Waals surface area contributed by atoms with E-state index in [1.807, 2.05) is 72.9 Å². The first-order chi connectivity index (χ1) is 26.3. The van der Waals surface area contributed by atoms with E-state index in [1.165, 1.54) is 22.3 Å². The van der Waals surface area contributed by atoms with E-state index in [9.17, 15) is 0 Å². The minimum atomic E-state index is -0.713. The Kier molecular flexibility index (Phi) is 5.58. The average Bonchev–Trinajstić information content (AvgIpc) is 3.99. The van der Waals surface area contributed by atoms with E-state index in [2.05, 4.69) is 83.4 Å². The normalized spacial score (nSPS) is 13.4. The summed E-state index contributed by atoms with van der Waals surface area (Å²) in [4.78, 5) is 25.7. The van der Waals surface area contributed by atoms with Gasteiger partial charge in [-0.3, -0.25) is 9.55 Å². The predicted molar refractivity (Wildman–Crippen MR) is 207 cm³/mol. The van der Waals surface area contributed by atoms with E-state index >= 15 is 0 Å². The Bertz CT molecular complexity index is 3020. The van der Waals surface area contributed by atoms with Crippen molar-refractivity contribution in [2.24, 2.45) is 0 Å². The summed E-state index contributed by atoms with van der Waals surface area (Å²) in [5.74, 6) is 1.71. The van der Waals surface area contributed by atoms with Crippen molar-refractivity contribution in [3.8, 4) is 51.1 Å². The molecule has 0 amide bonds.